The number of aromatic amines is 1. The molecular formula is C6H10N2O2. The van der Waals surface area contributed by atoms with E-state index in [9.17, 15) is 0 Å². The molecule has 1 rings (SSSR count). The number of H-pyrrole nitrogens is 1. The molecule has 1 unspecified atom stereocenters. The van der Waals surface area contributed by atoms with Gasteiger partial charge in [0.1, 0.15) is 0 Å². The Bertz CT molecular complexity index is 174. The highest BCUT2D eigenvalue weighted by Gasteiger charge is 2.05. The fourth-order valence-electron chi connectivity index (χ4n) is 0.652. The van der Waals surface area contributed by atoms with Gasteiger partial charge in [0, 0.05) is 12.8 Å². The van der Waals surface area contributed by atoms with Gasteiger partial charge in [-0.05, 0) is 13.0 Å². The summed E-state index contributed by atoms with van der Waals surface area (Å²) in [7, 11) is 0. The molecule has 0 aliphatic rings. The summed E-state index contributed by atoms with van der Waals surface area (Å²) in [5.41, 5.74) is 0.585. The minimum atomic E-state index is -0.868. The zero-order chi connectivity index (χ0) is 7.40. The van der Waals surface area contributed by atoms with Gasteiger partial charge in [0.05, 0.1) is 5.69 Å². The molecular weight excluding hydrogens is 132 g/mol. The Balaban J connectivity index is 2.50. The number of hydrogen-bond donors (Lipinski definition) is 2. The first-order valence-electron chi connectivity index (χ1n) is 3.13. The molecule has 4 heteroatoms. The summed E-state index contributed by atoms with van der Waals surface area (Å²) in [5, 5.41) is 15.4. The first-order chi connectivity index (χ1) is 4.84. The number of nitrogens with one attached hydrogen (secondary N) is 1. The molecule has 0 saturated heterocycles. The molecule has 0 aromatic carbocycles. The second kappa shape index (κ2) is 3.34. The second-order valence-corrected chi connectivity index (χ2v) is 1.82. The van der Waals surface area contributed by atoms with E-state index in [0.717, 1.165) is 0 Å². The Kier molecular flexibility index (Phi) is 2.42. The van der Waals surface area contributed by atoms with E-state index in [1.807, 2.05) is 6.92 Å². The van der Waals surface area contributed by atoms with Crippen LogP contribution in [-0.2, 0) is 4.74 Å². The summed E-state index contributed by atoms with van der Waals surface area (Å²) in [6.45, 7) is 2.31. The van der Waals surface area contributed by atoms with Crippen molar-refractivity contribution >= 4 is 0 Å². The van der Waals surface area contributed by atoms with Gasteiger partial charge in [-0.2, -0.15) is 5.10 Å². The molecule has 0 radical (unpaired) electrons. The van der Waals surface area contributed by atoms with Crippen molar-refractivity contribution in [1.29, 1.82) is 0 Å². The van der Waals surface area contributed by atoms with Crippen LogP contribution in [-0.4, -0.2) is 21.9 Å². The minimum Gasteiger partial charge on any atom is -0.363 e. The number of rotatable bonds is 3. The Labute approximate surface area is 58.8 Å². The first kappa shape index (κ1) is 7.24. The van der Waals surface area contributed by atoms with E-state index in [1.54, 1.807) is 12.3 Å². The minimum absolute atomic E-state index is 0.486. The highest BCUT2D eigenvalue weighted by Crippen LogP contribution is 2.08. The maximum Gasteiger partial charge on any atom is 0.197 e. The van der Waals surface area contributed by atoms with Gasteiger partial charge in [0.15, 0.2) is 6.29 Å². The molecule has 2 N–H and O–H groups in total. The third-order valence-electron chi connectivity index (χ3n) is 1.11. The van der Waals surface area contributed by atoms with Crippen molar-refractivity contribution < 1.29 is 9.84 Å². The van der Waals surface area contributed by atoms with Crippen molar-refractivity contribution in [3.63, 3.8) is 0 Å². The van der Waals surface area contributed by atoms with Gasteiger partial charge < -0.3 is 9.84 Å². The predicted molar refractivity (Wildman–Crippen MR) is 35.2 cm³/mol. The lowest BCUT2D eigenvalue weighted by molar-refractivity contribution is -0.101. The smallest absolute Gasteiger partial charge is 0.197 e. The Morgan fingerprint density at radius 1 is 1.90 bits per heavy atom. The van der Waals surface area contributed by atoms with Gasteiger partial charge in [0.25, 0.3) is 0 Å². The summed E-state index contributed by atoms with van der Waals surface area (Å²) in [6, 6.07) is 1.67. The van der Waals surface area contributed by atoms with E-state index in [-0.39, 0.29) is 0 Å². The molecule has 0 bridgehead atoms. The third kappa shape index (κ3) is 1.55. The van der Waals surface area contributed by atoms with Crippen LogP contribution in [0.25, 0.3) is 0 Å². The van der Waals surface area contributed by atoms with Gasteiger partial charge in [-0.3, -0.25) is 5.10 Å². The molecule has 0 aliphatic heterocycles. The van der Waals surface area contributed by atoms with Gasteiger partial charge in [-0.15, -0.1) is 0 Å². The molecule has 1 atom stereocenters. The number of aliphatic hydroxyl groups is 1. The molecule has 10 heavy (non-hydrogen) atoms. The quantitative estimate of drug-likeness (QED) is 0.602. The van der Waals surface area contributed by atoms with Crippen molar-refractivity contribution in [2.75, 3.05) is 6.61 Å². The molecule has 4 nitrogen and oxygen atoms in total. The largest absolute Gasteiger partial charge is 0.363 e. The van der Waals surface area contributed by atoms with Crippen molar-refractivity contribution in [2.45, 2.75) is 13.2 Å². The maximum atomic E-state index is 9.12. The first-order valence-corrected chi connectivity index (χ1v) is 3.13. The van der Waals surface area contributed by atoms with Crippen molar-refractivity contribution in [2.24, 2.45) is 0 Å². The lowest BCUT2D eigenvalue weighted by atomic mass is 10.4. The van der Waals surface area contributed by atoms with Crippen LogP contribution in [0.3, 0.4) is 0 Å². The topological polar surface area (TPSA) is 58.1 Å². The molecule has 0 aliphatic carbocycles. The normalized spacial score (nSPS) is 13.4. The number of nitrogens with zero attached hydrogens (tertiary/aromatic N) is 1. The molecule has 1 heterocycles. The fraction of sp³-hybridized carbons (Fsp3) is 0.500. The molecule has 0 spiro atoms. The lowest BCUT2D eigenvalue weighted by Gasteiger charge is -2.06. The van der Waals surface area contributed by atoms with E-state index in [0.29, 0.717) is 12.3 Å². The Morgan fingerprint density at radius 2 is 2.70 bits per heavy atom. The molecule has 1 aromatic heterocycles. The van der Waals surface area contributed by atoms with E-state index >= 15 is 0 Å². The van der Waals surface area contributed by atoms with Crippen LogP contribution >= 0.6 is 0 Å². The molecule has 0 fully saturated rings. The zero-order valence-electron chi connectivity index (χ0n) is 5.74. The van der Waals surface area contributed by atoms with Crippen LogP contribution in [0.4, 0.5) is 0 Å². The summed E-state index contributed by atoms with van der Waals surface area (Å²) in [5.74, 6) is 0. The molecule has 0 amide bonds. The second-order valence-electron chi connectivity index (χ2n) is 1.82. The van der Waals surface area contributed by atoms with Gasteiger partial charge in [-0.1, -0.05) is 0 Å². The Morgan fingerprint density at radius 3 is 3.20 bits per heavy atom. The number of aliphatic hydroxyl groups excluding tert-OH is 1. The van der Waals surface area contributed by atoms with Gasteiger partial charge in [0.2, 0.25) is 0 Å². The van der Waals surface area contributed by atoms with E-state index < -0.39 is 6.29 Å². The van der Waals surface area contributed by atoms with Crippen molar-refractivity contribution in [1.82, 2.24) is 10.2 Å². The molecule has 56 valence electrons. The van der Waals surface area contributed by atoms with Crippen LogP contribution in [0.2, 0.25) is 0 Å². The summed E-state index contributed by atoms with van der Waals surface area (Å²) in [4.78, 5) is 0. The van der Waals surface area contributed by atoms with Crippen LogP contribution in [0, 0.1) is 0 Å². The standard InChI is InChI=1S/C6H10N2O2/c1-2-10-6(9)5-3-4-7-8-5/h3-4,6,9H,2H2,1H3,(H,7,8). The average molecular weight is 142 g/mol. The average Bonchev–Trinajstić information content (AvgIpc) is 2.38. The van der Waals surface area contributed by atoms with Crippen molar-refractivity contribution in [3.05, 3.63) is 18.0 Å². The number of hydrogen-bond acceptors (Lipinski definition) is 3. The number of ether oxygens (including phenoxy) is 1. The van der Waals surface area contributed by atoms with Crippen molar-refractivity contribution in [3.8, 4) is 0 Å². The molecule has 1 aromatic rings. The molecule has 0 saturated carbocycles. The summed E-state index contributed by atoms with van der Waals surface area (Å²) >= 11 is 0. The SMILES string of the molecule is CCOC(O)c1ccn[nH]1. The van der Waals surface area contributed by atoms with E-state index in [2.05, 4.69) is 10.2 Å². The fourth-order valence-corrected chi connectivity index (χ4v) is 0.652. The van der Waals surface area contributed by atoms with Crippen LogP contribution in [0.15, 0.2) is 12.3 Å². The van der Waals surface area contributed by atoms with Crippen LogP contribution in [0.5, 0.6) is 0 Å². The predicted octanol–water partition coefficient (Wildman–Crippen LogP) is 0.437. The van der Waals surface area contributed by atoms with Crippen LogP contribution < -0.4 is 0 Å². The highest BCUT2D eigenvalue weighted by molar-refractivity contribution is 4.98. The number of aromatic nitrogens is 2. The van der Waals surface area contributed by atoms with E-state index in [1.165, 1.54) is 0 Å². The zero-order valence-corrected chi connectivity index (χ0v) is 5.74. The maximum absolute atomic E-state index is 9.12. The third-order valence-corrected chi connectivity index (χ3v) is 1.11. The van der Waals surface area contributed by atoms with E-state index in [4.69, 9.17) is 9.84 Å². The summed E-state index contributed by atoms with van der Waals surface area (Å²) < 4.78 is 4.87. The summed E-state index contributed by atoms with van der Waals surface area (Å²) in [6.07, 6.45) is 0.699. The lowest BCUT2D eigenvalue weighted by Crippen LogP contribution is -2.02. The van der Waals surface area contributed by atoms with Gasteiger partial charge >= 0.3 is 0 Å². The van der Waals surface area contributed by atoms with Gasteiger partial charge in [-0.25, -0.2) is 0 Å². The monoisotopic (exact) mass is 142 g/mol. The van der Waals surface area contributed by atoms with Crippen LogP contribution in [0.1, 0.15) is 18.9 Å². The Hall–Kier alpha value is -0.870. The highest BCUT2D eigenvalue weighted by atomic mass is 16.6.